The molecular weight excluding hydrogens is 406 g/mol. The summed E-state index contributed by atoms with van der Waals surface area (Å²) in [5.74, 6) is -1.90. The van der Waals surface area contributed by atoms with E-state index in [1.807, 2.05) is 31.2 Å². The number of nitrogens with one attached hydrogen (secondary N) is 2. The number of alkyl carbamates (subject to hydrolysis) is 1. The third-order valence-electron chi connectivity index (χ3n) is 4.59. The van der Waals surface area contributed by atoms with Gasteiger partial charge in [0.2, 0.25) is 0 Å². The molecule has 0 unspecified atom stereocenters. The van der Waals surface area contributed by atoms with Gasteiger partial charge in [-0.05, 0) is 32.3 Å². The van der Waals surface area contributed by atoms with Gasteiger partial charge in [0, 0.05) is 18.5 Å². The van der Waals surface area contributed by atoms with Gasteiger partial charge in [0.1, 0.15) is 10.7 Å². The van der Waals surface area contributed by atoms with Gasteiger partial charge in [-0.2, -0.15) is 0 Å². The lowest BCUT2D eigenvalue weighted by atomic mass is 9.95. The summed E-state index contributed by atoms with van der Waals surface area (Å²) in [6, 6.07) is 7.54. The van der Waals surface area contributed by atoms with Crippen LogP contribution >= 0.6 is 11.3 Å². The van der Waals surface area contributed by atoms with E-state index >= 15 is 0 Å². The molecule has 2 rings (SSSR count). The number of carbonyl (C=O) groups is 3. The molecule has 0 radical (unpaired) electrons. The van der Waals surface area contributed by atoms with Gasteiger partial charge in [0.05, 0.1) is 5.92 Å². The first-order chi connectivity index (χ1) is 14.2. The number of aliphatic carboxylic acids is 1. The maximum absolute atomic E-state index is 12.7. The molecule has 162 valence electrons. The van der Waals surface area contributed by atoms with Crippen molar-refractivity contribution in [1.82, 2.24) is 15.6 Å². The lowest BCUT2D eigenvalue weighted by Crippen LogP contribution is -2.38. The molecule has 0 aliphatic carbocycles. The minimum atomic E-state index is -0.908. The number of nitrogens with zero attached hydrogens (tertiary/aromatic N) is 1. The molecule has 0 bridgehead atoms. The minimum absolute atomic E-state index is 0.208. The van der Waals surface area contributed by atoms with Crippen LogP contribution in [0.3, 0.4) is 0 Å². The molecule has 9 heteroatoms. The van der Waals surface area contributed by atoms with E-state index < -0.39 is 24.1 Å². The van der Waals surface area contributed by atoms with Gasteiger partial charge < -0.3 is 20.5 Å². The van der Waals surface area contributed by atoms with Gasteiger partial charge in [0.15, 0.2) is 6.10 Å². The van der Waals surface area contributed by atoms with Crippen molar-refractivity contribution in [3.8, 4) is 0 Å². The van der Waals surface area contributed by atoms with Crippen molar-refractivity contribution in [3.05, 3.63) is 51.5 Å². The number of ether oxygens (including phenoxy) is 1. The molecule has 0 spiro atoms. The molecule has 1 aromatic carbocycles. The fourth-order valence-corrected chi connectivity index (χ4v) is 3.62. The zero-order chi connectivity index (χ0) is 22.3. The maximum Gasteiger partial charge on any atom is 0.407 e. The number of hydrogen-bond acceptors (Lipinski definition) is 6. The molecule has 0 aliphatic rings. The van der Waals surface area contributed by atoms with Gasteiger partial charge in [-0.3, -0.25) is 9.59 Å². The molecule has 3 atom stereocenters. The Kier molecular flexibility index (Phi) is 8.35. The minimum Gasteiger partial charge on any atom is -0.481 e. The molecule has 0 fully saturated rings. The van der Waals surface area contributed by atoms with E-state index in [-0.39, 0.29) is 17.6 Å². The zero-order valence-electron chi connectivity index (χ0n) is 17.5. The highest BCUT2D eigenvalue weighted by atomic mass is 32.1. The number of aromatic nitrogens is 1. The zero-order valence-corrected chi connectivity index (χ0v) is 18.3. The monoisotopic (exact) mass is 433 g/mol. The van der Waals surface area contributed by atoms with Crippen molar-refractivity contribution >= 4 is 29.3 Å². The molecule has 0 saturated carbocycles. The summed E-state index contributed by atoms with van der Waals surface area (Å²) in [7, 11) is 1.46. The maximum atomic E-state index is 12.7. The number of benzene rings is 1. The van der Waals surface area contributed by atoms with Gasteiger partial charge in [-0.15, -0.1) is 11.3 Å². The van der Waals surface area contributed by atoms with Crippen molar-refractivity contribution in [2.24, 2.45) is 5.92 Å². The SMILES string of the molecule is CNC(=O)O[C@H](C)c1nc(C(=O)N[C@@H](Cc2ccc(C)cc2)C[C@H](C)C(=O)O)cs1. The molecule has 1 heterocycles. The predicted octanol–water partition coefficient (Wildman–Crippen LogP) is 3.32. The standard InChI is InChI=1S/C21H27N3O5S/c1-12-5-7-15(8-6-12)10-16(9-13(2)20(26)27)23-18(25)17-11-30-19(24-17)14(3)29-21(28)22-4/h5-8,11,13-14,16H,9-10H2,1-4H3,(H,22,28)(H,23,25)(H,26,27)/t13-,14+,16+/m0/s1. The third-order valence-corrected chi connectivity index (χ3v) is 5.59. The molecular formula is C21H27N3O5S. The Morgan fingerprint density at radius 3 is 2.47 bits per heavy atom. The number of aryl methyl sites for hydroxylation is 1. The number of amides is 2. The van der Waals surface area contributed by atoms with Crippen molar-refractivity contribution in [3.63, 3.8) is 0 Å². The van der Waals surface area contributed by atoms with Crippen molar-refractivity contribution in [2.75, 3.05) is 7.05 Å². The van der Waals surface area contributed by atoms with Crippen molar-refractivity contribution < 1.29 is 24.2 Å². The number of rotatable bonds is 9. The second-order valence-corrected chi connectivity index (χ2v) is 8.09. The summed E-state index contributed by atoms with van der Waals surface area (Å²) in [6.07, 6.45) is -0.365. The summed E-state index contributed by atoms with van der Waals surface area (Å²) in [5, 5.41) is 16.6. The molecule has 3 N–H and O–H groups in total. The third kappa shape index (κ3) is 6.84. The Balaban J connectivity index is 2.10. The average Bonchev–Trinajstić information content (AvgIpc) is 3.20. The van der Waals surface area contributed by atoms with Crippen LogP contribution in [0.1, 0.15) is 53.0 Å². The molecule has 0 aliphatic heterocycles. The predicted molar refractivity (Wildman–Crippen MR) is 114 cm³/mol. The molecule has 0 saturated heterocycles. The number of thiazole rings is 1. The van der Waals surface area contributed by atoms with E-state index in [0.717, 1.165) is 11.1 Å². The van der Waals surface area contributed by atoms with Crippen LogP contribution in [0.2, 0.25) is 0 Å². The summed E-state index contributed by atoms with van der Waals surface area (Å²) in [4.78, 5) is 39.7. The van der Waals surface area contributed by atoms with Crippen LogP contribution in [0.25, 0.3) is 0 Å². The van der Waals surface area contributed by atoms with Crippen molar-refractivity contribution in [2.45, 2.75) is 45.8 Å². The average molecular weight is 434 g/mol. The molecule has 2 amide bonds. The van der Waals surface area contributed by atoms with Crippen LogP contribution in [-0.2, 0) is 16.0 Å². The van der Waals surface area contributed by atoms with Gasteiger partial charge >= 0.3 is 12.1 Å². The van der Waals surface area contributed by atoms with Gasteiger partial charge in [0.25, 0.3) is 5.91 Å². The van der Waals surface area contributed by atoms with E-state index in [2.05, 4.69) is 15.6 Å². The quantitative estimate of drug-likeness (QED) is 0.558. The number of hydrogen-bond donors (Lipinski definition) is 3. The Morgan fingerprint density at radius 2 is 1.87 bits per heavy atom. The number of carboxylic acids is 1. The Morgan fingerprint density at radius 1 is 1.20 bits per heavy atom. The van der Waals surface area contributed by atoms with E-state index in [9.17, 15) is 19.5 Å². The lowest BCUT2D eigenvalue weighted by molar-refractivity contribution is -0.141. The number of carbonyl (C=O) groups excluding carboxylic acids is 2. The topological polar surface area (TPSA) is 118 Å². The lowest BCUT2D eigenvalue weighted by Gasteiger charge is -2.20. The van der Waals surface area contributed by atoms with E-state index in [4.69, 9.17) is 4.74 Å². The highest BCUT2D eigenvalue weighted by Gasteiger charge is 2.23. The normalized spacial score (nSPS) is 13.7. The first kappa shape index (κ1) is 23.3. The summed E-state index contributed by atoms with van der Waals surface area (Å²) in [6.45, 7) is 5.28. The highest BCUT2D eigenvalue weighted by Crippen LogP contribution is 2.22. The first-order valence-corrected chi connectivity index (χ1v) is 10.5. The van der Waals surface area contributed by atoms with E-state index in [1.54, 1.807) is 19.2 Å². The summed E-state index contributed by atoms with van der Waals surface area (Å²) >= 11 is 1.22. The van der Waals surface area contributed by atoms with E-state index in [0.29, 0.717) is 17.8 Å². The van der Waals surface area contributed by atoms with Crippen LogP contribution in [0.4, 0.5) is 4.79 Å². The van der Waals surface area contributed by atoms with Gasteiger partial charge in [-0.25, -0.2) is 9.78 Å². The highest BCUT2D eigenvalue weighted by molar-refractivity contribution is 7.09. The largest absolute Gasteiger partial charge is 0.481 e. The van der Waals surface area contributed by atoms with Crippen LogP contribution in [0, 0.1) is 12.8 Å². The molecule has 2 aromatic rings. The summed E-state index contributed by atoms with van der Waals surface area (Å²) < 4.78 is 5.13. The molecule has 8 nitrogen and oxygen atoms in total. The van der Waals surface area contributed by atoms with E-state index in [1.165, 1.54) is 18.4 Å². The smallest absolute Gasteiger partial charge is 0.407 e. The van der Waals surface area contributed by atoms with Crippen molar-refractivity contribution in [1.29, 1.82) is 0 Å². The Labute approximate surface area is 179 Å². The van der Waals surface area contributed by atoms with Crippen LogP contribution in [0.15, 0.2) is 29.6 Å². The second kappa shape index (κ2) is 10.7. The van der Waals surface area contributed by atoms with Gasteiger partial charge in [-0.1, -0.05) is 36.8 Å². The second-order valence-electron chi connectivity index (χ2n) is 7.20. The van der Waals surface area contributed by atoms with Crippen LogP contribution in [0.5, 0.6) is 0 Å². The number of carboxylic acid groups (broad SMARTS) is 1. The fraction of sp³-hybridized carbons (Fsp3) is 0.429. The Bertz CT molecular complexity index is 881. The molecule has 30 heavy (non-hydrogen) atoms. The van der Waals surface area contributed by atoms with Crippen LogP contribution in [-0.4, -0.2) is 41.1 Å². The van der Waals surface area contributed by atoms with Crippen LogP contribution < -0.4 is 10.6 Å². The molecule has 1 aromatic heterocycles. The fourth-order valence-electron chi connectivity index (χ4n) is 2.84. The Hall–Kier alpha value is -2.94. The first-order valence-electron chi connectivity index (χ1n) is 9.62. The summed E-state index contributed by atoms with van der Waals surface area (Å²) in [5.41, 5.74) is 2.34.